The Morgan fingerprint density at radius 2 is 1.97 bits per heavy atom. The van der Waals surface area contributed by atoms with Crippen molar-refractivity contribution in [1.82, 2.24) is 19.6 Å². The van der Waals surface area contributed by atoms with Gasteiger partial charge in [0.2, 0.25) is 0 Å². The molecular weight excluding hydrogens is 474 g/mol. The molecule has 0 aliphatic rings. The zero-order chi connectivity index (χ0) is 23.0. The van der Waals surface area contributed by atoms with Crippen LogP contribution in [0.5, 0.6) is 5.75 Å². The van der Waals surface area contributed by atoms with Crippen LogP contribution in [-0.2, 0) is 6.18 Å². The van der Waals surface area contributed by atoms with Crippen LogP contribution >= 0.6 is 22.9 Å². The minimum absolute atomic E-state index is 0.0956. The maximum absolute atomic E-state index is 14.4. The first kappa shape index (κ1) is 22.4. The van der Waals surface area contributed by atoms with Crippen LogP contribution in [0.2, 0.25) is 5.02 Å². The van der Waals surface area contributed by atoms with Gasteiger partial charge in [-0.2, -0.15) is 13.2 Å². The molecule has 1 aromatic carbocycles. The normalized spacial score (nSPS) is 13.0. The number of fused-ring (bicyclic) bond motifs is 1. The van der Waals surface area contributed by atoms with Crippen molar-refractivity contribution in [2.24, 2.45) is 5.73 Å². The number of benzene rings is 1. The highest BCUT2D eigenvalue weighted by Crippen LogP contribution is 2.37. The third kappa shape index (κ3) is 4.53. The number of nitrogens with zero attached hydrogens (tertiary/aromatic N) is 4. The van der Waals surface area contributed by atoms with Gasteiger partial charge < -0.3 is 20.0 Å². The van der Waals surface area contributed by atoms with Crippen molar-refractivity contribution < 1.29 is 27.4 Å². The van der Waals surface area contributed by atoms with Gasteiger partial charge in [0.05, 0.1) is 23.2 Å². The maximum Gasteiger partial charge on any atom is 0.416 e. The molecule has 4 aromatic rings. The monoisotopic (exact) mass is 487 g/mol. The van der Waals surface area contributed by atoms with E-state index in [9.17, 15) is 17.6 Å². The number of nitrogens with two attached hydrogens (primary N) is 1. The molecule has 32 heavy (non-hydrogen) atoms. The lowest BCUT2D eigenvalue weighted by atomic mass is 10.2. The molecule has 1 unspecified atom stereocenters. The first-order chi connectivity index (χ1) is 15.2. The molecule has 0 radical (unpaired) electrons. The average molecular weight is 488 g/mol. The van der Waals surface area contributed by atoms with Crippen molar-refractivity contribution in [3.63, 3.8) is 0 Å². The van der Waals surface area contributed by atoms with Crippen molar-refractivity contribution in [2.45, 2.75) is 12.2 Å². The molecule has 0 bridgehead atoms. The molecule has 0 saturated heterocycles. The minimum Gasteiger partial charge on any atom is -0.489 e. The van der Waals surface area contributed by atoms with E-state index < -0.39 is 23.6 Å². The quantitative estimate of drug-likeness (QED) is 0.398. The van der Waals surface area contributed by atoms with Crippen LogP contribution in [0.3, 0.4) is 0 Å². The number of pyridine rings is 1. The molecule has 168 valence electrons. The summed E-state index contributed by atoms with van der Waals surface area (Å²) < 4.78 is 59.8. The van der Waals surface area contributed by atoms with Crippen LogP contribution in [0.4, 0.5) is 17.6 Å². The van der Waals surface area contributed by atoms with E-state index in [4.69, 9.17) is 27.2 Å². The molecule has 3 heterocycles. The molecular formula is C19H14ClF4N5O2S. The number of alkyl halides is 3. The first-order valence-electron chi connectivity index (χ1n) is 9.04. The van der Waals surface area contributed by atoms with E-state index in [1.807, 2.05) is 0 Å². The number of hydrogen-bond acceptors (Lipinski definition) is 7. The van der Waals surface area contributed by atoms with E-state index in [0.717, 1.165) is 29.5 Å². The summed E-state index contributed by atoms with van der Waals surface area (Å²) in [6.07, 6.45) is -1.71. The Labute approximate surface area is 187 Å². The fourth-order valence-corrected chi connectivity index (χ4v) is 3.88. The second-order valence-electron chi connectivity index (χ2n) is 6.73. The number of rotatable bonds is 6. The van der Waals surface area contributed by atoms with Gasteiger partial charge in [-0.25, -0.2) is 9.37 Å². The summed E-state index contributed by atoms with van der Waals surface area (Å²) in [4.78, 5) is 4.18. The lowest BCUT2D eigenvalue weighted by Crippen LogP contribution is -2.31. The second-order valence-corrected chi connectivity index (χ2v) is 8.12. The Morgan fingerprint density at radius 1 is 1.22 bits per heavy atom. The minimum atomic E-state index is -4.48. The van der Waals surface area contributed by atoms with Gasteiger partial charge in [-0.1, -0.05) is 22.9 Å². The highest BCUT2D eigenvalue weighted by atomic mass is 35.5. The number of ether oxygens (including phenoxy) is 1. The second kappa shape index (κ2) is 8.62. The van der Waals surface area contributed by atoms with Gasteiger partial charge in [-0.3, -0.25) is 0 Å². The molecule has 0 fully saturated rings. The van der Waals surface area contributed by atoms with Gasteiger partial charge in [-0.15, -0.1) is 10.2 Å². The Bertz CT molecular complexity index is 1280. The van der Waals surface area contributed by atoms with Crippen LogP contribution in [0.1, 0.15) is 5.56 Å². The van der Waals surface area contributed by atoms with E-state index in [1.165, 1.54) is 22.9 Å². The summed E-state index contributed by atoms with van der Waals surface area (Å²) in [6.45, 7) is -0.419. The molecule has 3 N–H and O–H groups in total. The maximum atomic E-state index is 14.4. The zero-order valence-electron chi connectivity index (χ0n) is 16.0. The SMILES string of the molecule is NC(CO)COc1cc(Cl)c(-c2nnc(-c3cn4ccc(C(F)(F)F)cc4n3)s2)cc1F. The number of hydrogen-bond donors (Lipinski definition) is 2. The van der Waals surface area contributed by atoms with Crippen LogP contribution in [0.15, 0.2) is 36.7 Å². The molecule has 0 aliphatic carbocycles. The van der Waals surface area contributed by atoms with Gasteiger partial charge in [0.15, 0.2) is 16.6 Å². The number of aromatic nitrogens is 4. The molecule has 13 heteroatoms. The Kier molecular flexibility index (Phi) is 6.03. The van der Waals surface area contributed by atoms with Gasteiger partial charge in [-0.05, 0) is 18.2 Å². The molecule has 0 spiro atoms. The average Bonchev–Trinajstić information content (AvgIpc) is 3.39. The molecule has 0 aliphatic heterocycles. The Hall–Kier alpha value is -2.80. The van der Waals surface area contributed by atoms with Gasteiger partial charge in [0.25, 0.3) is 0 Å². The summed E-state index contributed by atoms with van der Waals surface area (Å²) in [6, 6.07) is 3.60. The fourth-order valence-electron chi connectivity index (χ4n) is 2.75. The first-order valence-corrected chi connectivity index (χ1v) is 10.2. The van der Waals surface area contributed by atoms with Crippen molar-refractivity contribution in [2.75, 3.05) is 13.2 Å². The largest absolute Gasteiger partial charge is 0.489 e. The molecule has 4 rings (SSSR count). The van der Waals surface area contributed by atoms with Crippen molar-refractivity contribution in [3.05, 3.63) is 53.1 Å². The number of imidazole rings is 1. The summed E-state index contributed by atoms with van der Waals surface area (Å²) in [5.74, 6) is -0.841. The van der Waals surface area contributed by atoms with E-state index in [2.05, 4.69) is 15.2 Å². The summed E-state index contributed by atoms with van der Waals surface area (Å²) in [7, 11) is 0. The van der Waals surface area contributed by atoms with E-state index in [1.54, 1.807) is 0 Å². The van der Waals surface area contributed by atoms with Crippen LogP contribution in [-0.4, -0.2) is 43.9 Å². The standard InChI is InChI=1S/C19H14ClF4N5O2S/c20-12-5-15(31-8-10(25)7-30)13(21)4-11(12)17-27-28-18(32-17)14-6-29-2-1-9(19(22,23)24)3-16(29)26-14/h1-6,10,30H,7-8,25H2. The van der Waals surface area contributed by atoms with Gasteiger partial charge in [0.1, 0.15) is 23.0 Å². The third-order valence-electron chi connectivity index (χ3n) is 4.37. The van der Waals surface area contributed by atoms with Crippen LogP contribution in [0, 0.1) is 5.82 Å². The van der Waals surface area contributed by atoms with Gasteiger partial charge >= 0.3 is 6.18 Å². The van der Waals surface area contributed by atoms with E-state index in [-0.39, 0.29) is 40.2 Å². The van der Waals surface area contributed by atoms with Crippen molar-refractivity contribution >= 4 is 28.6 Å². The van der Waals surface area contributed by atoms with Crippen LogP contribution < -0.4 is 10.5 Å². The van der Waals surface area contributed by atoms with Crippen LogP contribution in [0.25, 0.3) is 26.9 Å². The Morgan fingerprint density at radius 3 is 2.69 bits per heavy atom. The summed E-state index contributed by atoms with van der Waals surface area (Å²) in [5.41, 5.74) is 5.38. The number of aliphatic hydroxyl groups excluding tert-OH is 1. The van der Waals surface area contributed by atoms with E-state index in [0.29, 0.717) is 10.7 Å². The predicted octanol–water partition coefficient (Wildman–Crippen LogP) is 4.03. The fraction of sp³-hybridized carbons (Fsp3) is 0.211. The summed E-state index contributed by atoms with van der Waals surface area (Å²) in [5, 5.41) is 17.7. The zero-order valence-corrected chi connectivity index (χ0v) is 17.5. The smallest absolute Gasteiger partial charge is 0.416 e. The Balaban J connectivity index is 1.62. The molecule has 0 saturated carbocycles. The molecule has 3 aromatic heterocycles. The number of halogens is 5. The number of aliphatic hydroxyl groups is 1. The highest BCUT2D eigenvalue weighted by Gasteiger charge is 2.31. The lowest BCUT2D eigenvalue weighted by molar-refractivity contribution is -0.137. The van der Waals surface area contributed by atoms with Crippen molar-refractivity contribution in [1.29, 1.82) is 0 Å². The van der Waals surface area contributed by atoms with E-state index >= 15 is 0 Å². The predicted molar refractivity (Wildman–Crippen MR) is 110 cm³/mol. The highest BCUT2D eigenvalue weighted by molar-refractivity contribution is 7.18. The lowest BCUT2D eigenvalue weighted by Gasteiger charge is -2.12. The molecule has 7 nitrogen and oxygen atoms in total. The molecule has 1 atom stereocenters. The topological polar surface area (TPSA) is 98.6 Å². The van der Waals surface area contributed by atoms with Crippen molar-refractivity contribution in [3.8, 4) is 27.0 Å². The third-order valence-corrected chi connectivity index (χ3v) is 5.66. The summed E-state index contributed by atoms with van der Waals surface area (Å²) >= 11 is 7.30. The van der Waals surface area contributed by atoms with Gasteiger partial charge in [0, 0.05) is 24.0 Å². The molecule has 0 amide bonds.